The van der Waals surface area contributed by atoms with Crippen molar-refractivity contribution < 1.29 is 28.4 Å². The third-order valence-corrected chi connectivity index (χ3v) is 4.69. The number of benzene rings is 2. The number of likely N-dealkylation sites (N-methyl/N-ethyl adjacent to an activating group) is 1. The molecule has 0 spiro atoms. The lowest BCUT2D eigenvalue weighted by atomic mass is 9.94. The fraction of sp³-hybridized carbons (Fsp3) is 0.238. The van der Waals surface area contributed by atoms with Crippen LogP contribution in [-0.4, -0.2) is 42.1 Å². The van der Waals surface area contributed by atoms with Crippen LogP contribution in [0, 0.1) is 15.9 Å². The highest BCUT2D eigenvalue weighted by molar-refractivity contribution is 5.95. The van der Waals surface area contributed by atoms with Gasteiger partial charge in [0, 0.05) is 19.2 Å². The van der Waals surface area contributed by atoms with Crippen LogP contribution in [0.25, 0.3) is 0 Å². The Labute approximate surface area is 177 Å². The van der Waals surface area contributed by atoms with E-state index in [2.05, 4.69) is 5.32 Å². The number of carbonyl (C=O) groups is 2. The van der Waals surface area contributed by atoms with Gasteiger partial charge in [-0.1, -0.05) is 24.3 Å². The molecule has 2 aromatic rings. The molecule has 0 aliphatic carbocycles. The highest BCUT2D eigenvalue weighted by Crippen LogP contribution is 2.33. The molecule has 0 fully saturated rings. The van der Waals surface area contributed by atoms with Gasteiger partial charge in [-0.15, -0.1) is 0 Å². The van der Waals surface area contributed by atoms with Crippen LogP contribution in [0.15, 0.2) is 59.8 Å². The van der Waals surface area contributed by atoms with Crippen LogP contribution in [0.5, 0.6) is 5.75 Å². The van der Waals surface area contributed by atoms with Gasteiger partial charge in [-0.25, -0.2) is 14.0 Å². The lowest BCUT2D eigenvalue weighted by Gasteiger charge is -2.34. The van der Waals surface area contributed by atoms with Crippen LogP contribution >= 0.6 is 0 Å². The molecule has 1 atom stereocenters. The van der Waals surface area contributed by atoms with Crippen molar-refractivity contribution in [3.05, 3.63) is 81.3 Å². The summed E-state index contributed by atoms with van der Waals surface area (Å²) >= 11 is 0. The Bertz CT molecular complexity index is 1050. The molecule has 2 amide bonds. The number of amides is 2. The number of rotatable bonds is 7. The van der Waals surface area contributed by atoms with Crippen molar-refractivity contribution in [3.8, 4) is 5.75 Å². The zero-order valence-electron chi connectivity index (χ0n) is 16.8. The number of para-hydroxylation sites is 1. The first kappa shape index (κ1) is 21.8. The minimum Gasteiger partial charge on any atom is -0.484 e. The highest BCUT2D eigenvalue weighted by Gasteiger charge is 2.37. The van der Waals surface area contributed by atoms with Crippen molar-refractivity contribution in [2.75, 3.05) is 20.3 Å². The Morgan fingerprint density at radius 1 is 1.26 bits per heavy atom. The number of esters is 1. The molecule has 0 aromatic heterocycles. The quantitative estimate of drug-likeness (QED) is 0.411. The van der Waals surface area contributed by atoms with E-state index in [0.717, 1.165) is 0 Å². The molecule has 1 aliphatic heterocycles. The Hall–Kier alpha value is -3.95. The minimum atomic E-state index is -1.01. The molecule has 1 aliphatic rings. The first-order chi connectivity index (χ1) is 14.8. The van der Waals surface area contributed by atoms with Crippen LogP contribution in [0.4, 0.5) is 14.9 Å². The molecule has 1 heterocycles. The summed E-state index contributed by atoms with van der Waals surface area (Å²) in [5, 5.41) is 13.8. The summed E-state index contributed by atoms with van der Waals surface area (Å²) in [5.41, 5.74) is 0.322. The van der Waals surface area contributed by atoms with Gasteiger partial charge < -0.3 is 14.8 Å². The number of carbonyl (C=O) groups excluding carboxylic acids is 2. The summed E-state index contributed by atoms with van der Waals surface area (Å²) in [6, 6.07) is 9.74. The summed E-state index contributed by atoms with van der Waals surface area (Å²) in [5.74, 6) is -1.37. The van der Waals surface area contributed by atoms with Gasteiger partial charge in [-0.2, -0.15) is 0 Å². The molecule has 1 N–H and O–H groups in total. The van der Waals surface area contributed by atoms with Crippen molar-refractivity contribution in [2.45, 2.75) is 13.0 Å². The molecule has 31 heavy (non-hydrogen) atoms. The van der Waals surface area contributed by atoms with Crippen molar-refractivity contribution in [1.29, 1.82) is 0 Å². The summed E-state index contributed by atoms with van der Waals surface area (Å²) in [6.45, 7) is 1.40. The van der Waals surface area contributed by atoms with Gasteiger partial charge in [0.15, 0.2) is 11.6 Å². The van der Waals surface area contributed by atoms with Crippen molar-refractivity contribution >= 4 is 17.7 Å². The molecular formula is C21H20FN3O6. The summed E-state index contributed by atoms with van der Waals surface area (Å²) < 4.78 is 24.7. The normalized spacial score (nSPS) is 16.0. The number of nitrogens with one attached hydrogen (secondary N) is 1. The zero-order valence-corrected chi connectivity index (χ0v) is 16.8. The van der Waals surface area contributed by atoms with E-state index in [4.69, 9.17) is 9.47 Å². The number of hydrogen-bond acceptors (Lipinski definition) is 6. The third kappa shape index (κ3) is 4.63. The predicted octanol–water partition coefficient (Wildman–Crippen LogP) is 3.33. The van der Waals surface area contributed by atoms with Gasteiger partial charge in [0.2, 0.25) is 0 Å². The number of hydrogen-bond donors (Lipinski definition) is 1. The van der Waals surface area contributed by atoms with Crippen LogP contribution in [-0.2, 0) is 9.53 Å². The van der Waals surface area contributed by atoms with Crippen molar-refractivity contribution in [2.24, 2.45) is 0 Å². The van der Waals surface area contributed by atoms with Crippen LogP contribution in [0.3, 0.4) is 0 Å². The molecule has 10 heteroatoms. The van der Waals surface area contributed by atoms with E-state index in [1.54, 1.807) is 19.1 Å². The molecule has 0 bridgehead atoms. The first-order valence-electron chi connectivity index (χ1n) is 9.39. The van der Waals surface area contributed by atoms with Gasteiger partial charge in [-0.05, 0) is 24.6 Å². The SMILES string of the molecule is CCOC(=O)C1=C(COc2ccccc2F)N(C)C(=O)N[C@H]1c1cccc([N+](=O)[O-])c1. The lowest BCUT2D eigenvalue weighted by molar-refractivity contribution is -0.384. The molecular weight excluding hydrogens is 409 g/mol. The predicted molar refractivity (Wildman–Crippen MR) is 108 cm³/mol. The average molecular weight is 429 g/mol. The topological polar surface area (TPSA) is 111 Å². The number of ether oxygens (including phenoxy) is 2. The van der Waals surface area contributed by atoms with Crippen LogP contribution in [0.1, 0.15) is 18.5 Å². The second kappa shape index (κ2) is 9.24. The molecule has 162 valence electrons. The molecule has 9 nitrogen and oxygen atoms in total. The number of nitro benzene ring substituents is 1. The van der Waals surface area contributed by atoms with E-state index in [1.165, 1.54) is 48.3 Å². The van der Waals surface area contributed by atoms with E-state index >= 15 is 0 Å². The standard InChI is InChI=1S/C21H20FN3O6/c1-3-30-20(26)18-16(12-31-17-10-5-4-9-15(17)22)24(2)21(27)23-19(18)13-7-6-8-14(11-13)25(28)29/h4-11,19H,3,12H2,1-2H3,(H,23,27)/t19-/m0/s1. The number of halogens is 1. The maximum Gasteiger partial charge on any atom is 0.338 e. The van der Waals surface area contributed by atoms with Gasteiger partial charge in [0.1, 0.15) is 6.61 Å². The number of nitrogens with zero attached hydrogens (tertiary/aromatic N) is 2. The first-order valence-corrected chi connectivity index (χ1v) is 9.39. The van der Waals surface area contributed by atoms with E-state index in [1.807, 2.05) is 0 Å². The smallest absolute Gasteiger partial charge is 0.338 e. The zero-order chi connectivity index (χ0) is 22.5. The number of non-ortho nitro benzene ring substituents is 1. The van der Waals surface area contributed by atoms with Gasteiger partial charge in [0.25, 0.3) is 5.69 Å². The van der Waals surface area contributed by atoms with Crippen molar-refractivity contribution in [3.63, 3.8) is 0 Å². The summed E-state index contributed by atoms with van der Waals surface area (Å²) in [6.07, 6.45) is 0. The molecule has 2 aromatic carbocycles. The Balaban J connectivity index is 2.07. The monoisotopic (exact) mass is 429 g/mol. The highest BCUT2D eigenvalue weighted by atomic mass is 19.1. The number of urea groups is 1. The second-order valence-corrected chi connectivity index (χ2v) is 6.59. The van der Waals surface area contributed by atoms with Gasteiger partial charge in [0.05, 0.1) is 28.8 Å². The summed E-state index contributed by atoms with van der Waals surface area (Å²) in [4.78, 5) is 37.2. The summed E-state index contributed by atoms with van der Waals surface area (Å²) in [7, 11) is 1.43. The Morgan fingerprint density at radius 3 is 2.68 bits per heavy atom. The fourth-order valence-corrected chi connectivity index (χ4v) is 3.16. The van der Waals surface area contributed by atoms with E-state index in [0.29, 0.717) is 5.56 Å². The van der Waals surface area contributed by atoms with E-state index in [9.17, 15) is 24.1 Å². The fourth-order valence-electron chi connectivity index (χ4n) is 3.16. The Kier molecular flexibility index (Phi) is 6.49. The van der Waals surface area contributed by atoms with Gasteiger partial charge >= 0.3 is 12.0 Å². The van der Waals surface area contributed by atoms with E-state index in [-0.39, 0.29) is 35.9 Å². The van der Waals surface area contributed by atoms with Crippen molar-refractivity contribution in [1.82, 2.24) is 10.2 Å². The van der Waals surface area contributed by atoms with Crippen LogP contribution < -0.4 is 10.1 Å². The largest absolute Gasteiger partial charge is 0.484 e. The molecule has 3 rings (SSSR count). The van der Waals surface area contributed by atoms with E-state index < -0.39 is 28.8 Å². The molecule has 0 unspecified atom stereocenters. The second-order valence-electron chi connectivity index (χ2n) is 6.59. The maximum atomic E-state index is 14.0. The lowest BCUT2D eigenvalue weighted by Crippen LogP contribution is -2.48. The third-order valence-electron chi connectivity index (χ3n) is 4.69. The van der Waals surface area contributed by atoms with Gasteiger partial charge in [-0.3, -0.25) is 15.0 Å². The Morgan fingerprint density at radius 2 is 2.00 bits per heavy atom. The average Bonchev–Trinajstić information content (AvgIpc) is 2.75. The maximum absolute atomic E-state index is 14.0. The van der Waals surface area contributed by atoms with Crippen LogP contribution in [0.2, 0.25) is 0 Å². The number of nitro groups is 1. The minimum absolute atomic E-state index is 0.0424. The molecule has 0 saturated carbocycles. The molecule has 0 saturated heterocycles. The molecule has 0 radical (unpaired) electrons.